The number of fused-ring (bicyclic) bond motifs is 1. The summed E-state index contributed by atoms with van der Waals surface area (Å²) in [6.45, 7) is 2.91. The lowest BCUT2D eigenvalue weighted by Gasteiger charge is -2.08. The van der Waals surface area contributed by atoms with E-state index < -0.39 is 0 Å². The van der Waals surface area contributed by atoms with Crippen LogP contribution in [0, 0.1) is 0 Å². The van der Waals surface area contributed by atoms with E-state index in [2.05, 4.69) is 28.9 Å². The first-order chi connectivity index (χ1) is 6.24. The van der Waals surface area contributed by atoms with Crippen LogP contribution in [0.1, 0.15) is 18.1 Å². The van der Waals surface area contributed by atoms with Crippen LogP contribution in [0.4, 0.5) is 0 Å². The molecule has 0 saturated heterocycles. The number of aryl methyl sites for hydroxylation is 1. The number of hydrogen-bond donors (Lipinski definition) is 0. The fourth-order valence-corrected chi connectivity index (χ4v) is 2.36. The predicted molar refractivity (Wildman–Crippen MR) is 57.7 cm³/mol. The van der Waals surface area contributed by atoms with Gasteiger partial charge in [0.25, 0.3) is 0 Å². The van der Waals surface area contributed by atoms with E-state index in [0.717, 1.165) is 29.7 Å². The lowest BCUT2D eigenvalue weighted by Crippen LogP contribution is -1.89. The minimum Gasteiger partial charge on any atom is -0.491 e. The molecular weight excluding hydrogens is 251 g/mol. The van der Waals surface area contributed by atoms with Crippen molar-refractivity contribution < 1.29 is 4.74 Å². The Labute approximate surface area is 91.2 Å². The number of rotatable bonds is 1. The van der Waals surface area contributed by atoms with Crippen LogP contribution < -0.4 is 4.74 Å². The van der Waals surface area contributed by atoms with Crippen molar-refractivity contribution in [1.82, 2.24) is 0 Å². The van der Waals surface area contributed by atoms with E-state index >= 15 is 0 Å². The van der Waals surface area contributed by atoms with Gasteiger partial charge in [0.15, 0.2) is 0 Å². The van der Waals surface area contributed by atoms with Gasteiger partial charge in [-0.1, -0.05) is 18.5 Å². The van der Waals surface area contributed by atoms with Gasteiger partial charge in [0.05, 0.1) is 11.6 Å². The molecule has 0 bridgehead atoms. The first-order valence-electron chi connectivity index (χ1n) is 4.36. The number of hydrogen-bond acceptors (Lipinski definition) is 1. The Hall–Kier alpha value is -0.210. The summed E-state index contributed by atoms with van der Waals surface area (Å²) in [6.07, 6.45) is 2.02. The quantitative estimate of drug-likeness (QED) is 0.750. The Morgan fingerprint density at radius 1 is 1.62 bits per heavy atom. The number of benzene rings is 1. The zero-order valence-corrected chi connectivity index (χ0v) is 9.70. The zero-order valence-electron chi connectivity index (χ0n) is 7.36. The second-order valence-electron chi connectivity index (χ2n) is 3.09. The highest BCUT2D eigenvalue weighted by molar-refractivity contribution is 9.10. The third-order valence-electron chi connectivity index (χ3n) is 2.35. The molecule has 1 heterocycles. The summed E-state index contributed by atoms with van der Waals surface area (Å²) in [4.78, 5) is 0. The number of halogens is 2. The Morgan fingerprint density at radius 3 is 3.08 bits per heavy atom. The smallest absolute Gasteiger partial charge is 0.142 e. The molecule has 0 saturated carbocycles. The molecule has 1 aliphatic heterocycles. The SMILES string of the molecule is CCc1cc(Br)c(Cl)c2c1CCO2. The van der Waals surface area contributed by atoms with E-state index in [1.807, 2.05) is 0 Å². The summed E-state index contributed by atoms with van der Waals surface area (Å²) in [6, 6.07) is 2.09. The van der Waals surface area contributed by atoms with E-state index in [1.54, 1.807) is 0 Å². The molecule has 70 valence electrons. The van der Waals surface area contributed by atoms with Gasteiger partial charge in [-0.25, -0.2) is 0 Å². The van der Waals surface area contributed by atoms with Crippen molar-refractivity contribution in [3.8, 4) is 5.75 Å². The first-order valence-corrected chi connectivity index (χ1v) is 5.53. The molecule has 1 nitrogen and oxygen atoms in total. The maximum absolute atomic E-state index is 6.10. The topological polar surface area (TPSA) is 9.23 Å². The molecule has 0 N–H and O–H groups in total. The van der Waals surface area contributed by atoms with Crippen LogP contribution in [0.3, 0.4) is 0 Å². The van der Waals surface area contributed by atoms with Gasteiger partial charge in [0.1, 0.15) is 5.75 Å². The van der Waals surface area contributed by atoms with Crippen LogP contribution in [0.15, 0.2) is 10.5 Å². The van der Waals surface area contributed by atoms with E-state index in [9.17, 15) is 0 Å². The maximum Gasteiger partial charge on any atom is 0.142 e. The van der Waals surface area contributed by atoms with Crippen LogP contribution in [0.5, 0.6) is 5.75 Å². The second kappa shape index (κ2) is 3.50. The van der Waals surface area contributed by atoms with Crippen molar-refractivity contribution in [3.63, 3.8) is 0 Å². The molecule has 0 radical (unpaired) electrons. The van der Waals surface area contributed by atoms with Gasteiger partial charge >= 0.3 is 0 Å². The summed E-state index contributed by atoms with van der Waals surface area (Å²) in [7, 11) is 0. The van der Waals surface area contributed by atoms with Gasteiger partial charge in [-0.05, 0) is 34.0 Å². The average Bonchev–Trinajstić information content (AvgIpc) is 2.60. The molecule has 0 aliphatic carbocycles. The first kappa shape index (κ1) is 9.35. The fraction of sp³-hybridized carbons (Fsp3) is 0.400. The van der Waals surface area contributed by atoms with Crippen LogP contribution in [0.25, 0.3) is 0 Å². The second-order valence-corrected chi connectivity index (χ2v) is 4.32. The Bertz CT molecular complexity index is 349. The van der Waals surface area contributed by atoms with Gasteiger partial charge in [-0.15, -0.1) is 0 Å². The van der Waals surface area contributed by atoms with Crippen LogP contribution in [-0.2, 0) is 12.8 Å². The van der Waals surface area contributed by atoms with Crippen molar-refractivity contribution >= 4 is 27.5 Å². The van der Waals surface area contributed by atoms with Gasteiger partial charge in [-0.2, -0.15) is 0 Å². The van der Waals surface area contributed by atoms with E-state index in [4.69, 9.17) is 16.3 Å². The molecule has 1 aliphatic rings. The molecule has 3 heteroatoms. The highest BCUT2D eigenvalue weighted by atomic mass is 79.9. The standard InChI is InChI=1S/C10H10BrClO/c1-2-6-5-8(11)9(12)10-7(6)3-4-13-10/h5H,2-4H2,1H3. The zero-order chi connectivity index (χ0) is 9.42. The number of ether oxygens (including phenoxy) is 1. The summed E-state index contributed by atoms with van der Waals surface area (Å²) < 4.78 is 6.43. The largest absolute Gasteiger partial charge is 0.491 e. The molecule has 0 aromatic heterocycles. The molecule has 1 aromatic carbocycles. The lowest BCUT2D eigenvalue weighted by atomic mass is 10.0. The summed E-state index contributed by atoms with van der Waals surface area (Å²) in [5.41, 5.74) is 2.62. The van der Waals surface area contributed by atoms with Crippen molar-refractivity contribution in [2.75, 3.05) is 6.61 Å². The van der Waals surface area contributed by atoms with Crippen LogP contribution >= 0.6 is 27.5 Å². The average molecular weight is 262 g/mol. The minimum absolute atomic E-state index is 0.713. The third kappa shape index (κ3) is 1.46. The highest BCUT2D eigenvalue weighted by Crippen LogP contribution is 2.40. The van der Waals surface area contributed by atoms with E-state index in [1.165, 1.54) is 11.1 Å². The van der Waals surface area contributed by atoms with Crippen molar-refractivity contribution in [2.45, 2.75) is 19.8 Å². The van der Waals surface area contributed by atoms with Crippen molar-refractivity contribution in [1.29, 1.82) is 0 Å². The Balaban J connectivity index is 2.64. The van der Waals surface area contributed by atoms with Gasteiger partial charge in [0, 0.05) is 16.5 Å². The monoisotopic (exact) mass is 260 g/mol. The van der Waals surface area contributed by atoms with E-state index in [-0.39, 0.29) is 0 Å². The lowest BCUT2D eigenvalue weighted by molar-refractivity contribution is 0.357. The molecular formula is C10H10BrClO. The molecule has 0 amide bonds. The van der Waals surface area contributed by atoms with Crippen molar-refractivity contribution in [2.24, 2.45) is 0 Å². The normalized spacial score (nSPS) is 14.1. The van der Waals surface area contributed by atoms with Crippen molar-refractivity contribution in [3.05, 3.63) is 26.7 Å². The Morgan fingerprint density at radius 2 is 2.38 bits per heavy atom. The summed E-state index contributed by atoms with van der Waals surface area (Å²) in [5, 5.41) is 0.713. The molecule has 1 aromatic rings. The fourth-order valence-electron chi connectivity index (χ4n) is 1.69. The summed E-state index contributed by atoms with van der Waals surface area (Å²) >= 11 is 9.52. The summed E-state index contributed by atoms with van der Waals surface area (Å²) in [5.74, 6) is 0.882. The molecule has 0 fully saturated rings. The molecule has 13 heavy (non-hydrogen) atoms. The van der Waals surface area contributed by atoms with Crippen LogP contribution in [0.2, 0.25) is 5.02 Å². The molecule has 0 atom stereocenters. The molecule has 0 unspecified atom stereocenters. The van der Waals surface area contributed by atoms with Gasteiger partial charge in [-0.3, -0.25) is 0 Å². The molecule has 2 rings (SSSR count). The third-order valence-corrected chi connectivity index (χ3v) is 3.58. The Kier molecular flexibility index (Phi) is 2.52. The maximum atomic E-state index is 6.10. The van der Waals surface area contributed by atoms with Gasteiger partial charge < -0.3 is 4.74 Å². The molecule has 0 spiro atoms. The predicted octanol–water partition coefficient (Wildman–Crippen LogP) is 3.60. The van der Waals surface area contributed by atoms with Crippen LogP contribution in [-0.4, -0.2) is 6.61 Å². The van der Waals surface area contributed by atoms with E-state index in [0.29, 0.717) is 5.02 Å². The van der Waals surface area contributed by atoms with Gasteiger partial charge in [0.2, 0.25) is 0 Å². The highest BCUT2D eigenvalue weighted by Gasteiger charge is 2.20. The minimum atomic E-state index is 0.713.